The minimum Gasteiger partial charge on any atom is -0.400 e. The topological polar surface area (TPSA) is 46.5 Å². The second-order valence-electron chi connectivity index (χ2n) is 0.788. The van der Waals surface area contributed by atoms with Crippen molar-refractivity contribution in [2.75, 3.05) is 20.8 Å². The lowest BCUT2D eigenvalue weighted by Crippen LogP contribution is -1.95. The molecule has 0 saturated carbocycles. The molecule has 0 rings (SSSR count). The molecular weight excluding hydrogens is 131 g/mol. The minimum absolute atomic E-state index is 0.00154. The van der Waals surface area contributed by atoms with E-state index in [-0.39, 0.29) is 6.61 Å². The van der Waals surface area contributed by atoms with Crippen LogP contribution >= 0.6 is 11.6 Å². The van der Waals surface area contributed by atoms with Crippen molar-refractivity contribution in [3.05, 3.63) is 0 Å². The Labute approximate surface area is 53.2 Å². The van der Waals surface area contributed by atoms with E-state index in [9.17, 15) is 4.79 Å². The Balaban J connectivity index is 0. The zero-order chi connectivity index (χ0) is 6.99. The van der Waals surface area contributed by atoms with Crippen molar-refractivity contribution in [1.29, 1.82) is 0 Å². The summed E-state index contributed by atoms with van der Waals surface area (Å²) in [5, 5.41) is 6.54. The SMILES string of the molecule is CO.COCC(=O)Cl. The van der Waals surface area contributed by atoms with Crippen LogP contribution in [0.2, 0.25) is 0 Å². The number of halogens is 1. The first-order chi connectivity index (χ1) is 3.77. The van der Waals surface area contributed by atoms with Crippen LogP contribution in [0, 0.1) is 0 Å². The van der Waals surface area contributed by atoms with Crippen LogP contribution < -0.4 is 0 Å². The molecule has 0 aliphatic rings. The number of ether oxygens (including phenoxy) is 1. The van der Waals surface area contributed by atoms with E-state index < -0.39 is 5.24 Å². The summed E-state index contributed by atoms with van der Waals surface area (Å²) in [4.78, 5) is 9.68. The summed E-state index contributed by atoms with van der Waals surface area (Å²) in [5.74, 6) is 0. The average Bonchev–Trinajstić information content (AvgIpc) is 1.72. The number of methoxy groups -OCH3 is 1. The highest BCUT2D eigenvalue weighted by Crippen LogP contribution is 1.76. The standard InChI is InChI=1S/C3H5ClO2.CH4O/c1-6-2-3(4)5;1-2/h2H2,1H3;2H,1H3. The molecular formula is C4H9ClO3. The fraction of sp³-hybridized carbons (Fsp3) is 0.750. The highest BCUT2D eigenvalue weighted by molar-refractivity contribution is 6.63. The zero-order valence-electron chi connectivity index (χ0n) is 4.85. The molecule has 0 bridgehead atoms. The molecule has 1 N–H and O–H groups in total. The van der Waals surface area contributed by atoms with Crippen LogP contribution in [0.5, 0.6) is 0 Å². The second kappa shape index (κ2) is 9.99. The molecule has 0 aliphatic carbocycles. The maximum absolute atomic E-state index is 9.68. The van der Waals surface area contributed by atoms with Gasteiger partial charge in [-0.3, -0.25) is 4.79 Å². The van der Waals surface area contributed by atoms with Gasteiger partial charge in [-0.25, -0.2) is 0 Å². The lowest BCUT2D eigenvalue weighted by molar-refractivity contribution is -0.114. The van der Waals surface area contributed by atoms with E-state index in [4.69, 9.17) is 16.7 Å². The van der Waals surface area contributed by atoms with Crippen molar-refractivity contribution >= 4 is 16.8 Å². The number of hydrogen-bond donors (Lipinski definition) is 1. The first-order valence-corrected chi connectivity index (χ1v) is 2.27. The molecule has 0 heterocycles. The normalized spacial score (nSPS) is 7.00. The molecule has 8 heavy (non-hydrogen) atoms. The smallest absolute Gasteiger partial charge is 0.247 e. The van der Waals surface area contributed by atoms with Gasteiger partial charge in [-0.05, 0) is 11.6 Å². The van der Waals surface area contributed by atoms with Crippen molar-refractivity contribution < 1.29 is 14.6 Å². The van der Waals surface area contributed by atoms with Gasteiger partial charge in [-0.15, -0.1) is 0 Å². The maximum atomic E-state index is 9.68. The number of aliphatic hydroxyl groups is 1. The molecule has 0 radical (unpaired) electrons. The van der Waals surface area contributed by atoms with Crippen molar-refractivity contribution in [1.82, 2.24) is 0 Å². The number of carbonyl (C=O) groups excluding carboxylic acids is 1. The summed E-state index contributed by atoms with van der Waals surface area (Å²) in [6.07, 6.45) is 0. The van der Waals surface area contributed by atoms with Crippen LogP contribution in [-0.4, -0.2) is 31.2 Å². The monoisotopic (exact) mass is 140 g/mol. The van der Waals surface area contributed by atoms with Crippen molar-refractivity contribution in [3.8, 4) is 0 Å². The van der Waals surface area contributed by atoms with E-state index in [1.165, 1.54) is 7.11 Å². The summed E-state index contributed by atoms with van der Waals surface area (Å²) in [6, 6.07) is 0. The Kier molecular flexibility index (Phi) is 13.5. The van der Waals surface area contributed by atoms with E-state index in [2.05, 4.69) is 4.74 Å². The van der Waals surface area contributed by atoms with Gasteiger partial charge in [0, 0.05) is 14.2 Å². The highest BCUT2D eigenvalue weighted by atomic mass is 35.5. The Bertz CT molecular complexity index is 55.2. The summed E-state index contributed by atoms with van der Waals surface area (Å²) >= 11 is 4.81. The number of carbonyl (C=O) groups is 1. The second-order valence-corrected chi connectivity index (χ2v) is 1.21. The predicted octanol–water partition coefficient (Wildman–Crippen LogP) is 0.00670. The Morgan fingerprint density at radius 2 is 2.12 bits per heavy atom. The molecule has 0 aromatic rings. The fourth-order valence-electron chi connectivity index (χ4n) is 0.113. The molecule has 0 aromatic heterocycles. The zero-order valence-corrected chi connectivity index (χ0v) is 5.60. The van der Waals surface area contributed by atoms with Crippen molar-refractivity contribution in [2.45, 2.75) is 0 Å². The van der Waals surface area contributed by atoms with Crippen molar-refractivity contribution in [2.24, 2.45) is 0 Å². The van der Waals surface area contributed by atoms with Crippen LogP contribution in [0.4, 0.5) is 0 Å². The number of aliphatic hydroxyl groups excluding tert-OH is 1. The van der Waals surface area contributed by atoms with Crippen LogP contribution in [0.25, 0.3) is 0 Å². The predicted molar refractivity (Wildman–Crippen MR) is 30.9 cm³/mol. The van der Waals surface area contributed by atoms with Crippen LogP contribution in [-0.2, 0) is 9.53 Å². The Hall–Kier alpha value is -0.120. The molecule has 50 valence electrons. The quantitative estimate of drug-likeness (QED) is 0.550. The van der Waals surface area contributed by atoms with Crippen LogP contribution in [0.15, 0.2) is 0 Å². The van der Waals surface area contributed by atoms with Gasteiger partial charge in [0.05, 0.1) is 0 Å². The summed E-state index contributed by atoms with van der Waals surface area (Å²) in [5.41, 5.74) is 0. The van der Waals surface area contributed by atoms with E-state index in [0.717, 1.165) is 7.11 Å². The largest absolute Gasteiger partial charge is 0.400 e. The van der Waals surface area contributed by atoms with E-state index in [1.54, 1.807) is 0 Å². The third-order valence-corrected chi connectivity index (χ3v) is 0.367. The minimum atomic E-state index is -0.461. The van der Waals surface area contributed by atoms with Crippen molar-refractivity contribution in [3.63, 3.8) is 0 Å². The lowest BCUT2D eigenvalue weighted by atomic mass is 10.8. The molecule has 0 saturated heterocycles. The number of rotatable bonds is 2. The summed E-state index contributed by atoms with van der Waals surface area (Å²) < 4.78 is 4.32. The van der Waals surface area contributed by atoms with Gasteiger partial charge in [0.1, 0.15) is 6.61 Å². The Morgan fingerprint density at radius 1 is 1.75 bits per heavy atom. The van der Waals surface area contributed by atoms with Crippen LogP contribution in [0.1, 0.15) is 0 Å². The molecule has 0 fully saturated rings. The van der Waals surface area contributed by atoms with Gasteiger partial charge in [0.25, 0.3) is 0 Å². The van der Waals surface area contributed by atoms with E-state index >= 15 is 0 Å². The fourth-order valence-corrected chi connectivity index (χ4v) is 0.223. The first kappa shape index (κ1) is 10.8. The van der Waals surface area contributed by atoms with E-state index in [1.807, 2.05) is 0 Å². The van der Waals surface area contributed by atoms with Gasteiger partial charge in [-0.2, -0.15) is 0 Å². The summed E-state index contributed by atoms with van der Waals surface area (Å²) in [7, 11) is 2.42. The van der Waals surface area contributed by atoms with Gasteiger partial charge in [-0.1, -0.05) is 0 Å². The van der Waals surface area contributed by atoms with E-state index in [0.29, 0.717) is 0 Å². The maximum Gasteiger partial charge on any atom is 0.247 e. The molecule has 3 nitrogen and oxygen atoms in total. The van der Waals surface area contributed by atoms with Gasteiger partial charge < -0.3 is 9.84 Å². The van der Waals surface area contributed by atoms with Gasteiger partial charge in [0.2, 0.25) is 5.24 Å². The third kappa shape index (κ3) is 16.9. The molecule has 0 aliphatic heterocycles. The highest BCUT2D eigenvalue weighted by Gasteiger charge is 1.87. The molecule has 0 spiro atoms. The lowest BCUT2D eigenvalue weighted by Gasteiger charge is -1.82. The molecule has 0 unspecified atom stereocenters. The molecule has 0 amide bonds. The van der Waals surface area contributed by atoms with Gasteiger partial charge in [0.15, 0.2) is 0 Å². The third-order valence-electron chi connectivity index (χ3n) is 0.258. The van der Waals surface area contributed by atoms with Gasteiger partial charge >= 0.3 is 0 Å². The molecule has 0 aromatic carbocycles. The summed E-state index contributed by atoms with van der Waals surface area (Å²) in [6.45, 7) is 0.00154. The number of hydrogen-bond acceptors (Lipinski definition) is 3. The van der Waals surface area contributed by atoms with Crippen LogP contribution in [0.3, 0.4) is 0 Å². The average molecular weight is 141 g/mol. The Morgan fingerprint density at radius 3 is 2.12 bits per heavy atom. The molecule has 4 heteroatoms. The molecule has 0 atom stereocenters. The first-order valence-electron chi connectivity index (χ1n) is 1.89.